The van der Waals surface area contributed by atoms with Crippen molar-refractivity contribution in [1.29, 1.82) is 0 Å². The molecule has 0 aromatic heterocycles. The van der Waals surface area contributed by atoms with Gasteiger partial charge < -0.3 is 4.90 Å². The monoisotopic (exact) mass is 250 g/mol. The van der Waals surface area contributed by atoms with Gasteiger partial charge in [0.15, 0.2) is 0 Å². The first-order valence-corrected chi connectivity index (χ1v) is 7.09. The van der Waals surface area contributed by atoms with Gasteiger partial charge in [-0.25, -0.2) is 0 Å². The Morgan fingerprint density at radius 1 is 1.22 bits per heavy atom. The number of rotatable bonds is 7. The third-order valence-electron chi connectivity index (χ3n) is 3.39. The summed E-state index contributed by atoms with van der Waals surface area (Å²) in [7, 11) is 2.00. The molecule has 0 aromatic carbocycles. The molecule has 1 fully saturated rings. The summed E-state index contributed by atoms with van der Waals surface area (Å²) in [6, 6.07) is 0. The molecule has 1 aliphatic heterocycles. The Balaban J connectivity index is 2.02. The molecule has 0 aliphatic carbocycles. The molecule has 0 spiro atoms. The molecule has 0 aromatic rings. The van der Waals surface area contributed by atoms with Crippen LogP contribution in [0.25, 0.3) is 0 Å². The van der Waals surface area contributed by atoms with E-state index in [2.05, 4.69) is 21.6 Å². The lowest BCUT2D eigenvalue weighted by atomic mass is 10.1. The van der Waals surface area contributed by atoms with Crippen LogP contribution in [0.2, 0.25) is 0 Å². The highest BCUT2D eigenvalue weighted by Gasteiger charge is 2.09. The summed E-state index contributed by atoms with van der Waals surface area (Å²) in [5.74, 6) is 5.25. The summed E-state index contributed by atoms with van der Waals surface area (Å²) < 4.78 is 0. The highest BCUT2D eigenvalue weighted by Crippen LogP contribution is 2.09. The smallest absolute Gasteiger partial charge is 0.219 e. The van der Waals surface area contributed by atoms with Gasteiger partial charge in [-0.3, -0.25) is 9.69 Å². The van der Waals surface area contributed by atoms with Gasteiger partial charge in [0.2, 0.25) is 5.78 Å². The van der Waals surface area contributed by atoms with Crippen LogP contribution in [0.5, 0.6) is 0 Å². The van der Waals surface area contributed by atoms with E-state index in [4.69, 9.17) is 0 Å². The Morgan fingerprint density at radius 3 is 2.61 bits per heavy atom. The molecule has 0 bridgehead atoms. The summed E-state index contributed by atoms with van der Waals surface area (Å²) in [6.07, 6.45) is 6.53. The maximum atomic E-state index is 11.3. The zero-order valence-corrected chi connectivity index (χ0v) is 11.9. The molecule has 0 saturated carbocycles. The summed E-state index contributed by atoms with van der Waals surface area (Å²) in [6.45, 7) is 6.93. The summed E-state index contributed by atoms with van der Waals surface area (Å²) in [4.78, 5) is 15.9. The maximum absolute atomic E-state index is 11.3. The number of hydrogen-bond acceptors (Lipinski definition) is 3. The fraction of sp³-hybridized carbons (Fsp3) is 0.800. The number of carbonyl (C=O) groups is 1. The molecule has 1 rings (SSSR count). The van der Waals surface area contributed by atoms with Gasteiger partial charge in [-0.15, -0.1) is 0 Å². The van der Waals surface area contributed by atoms with E-state index in [0.717, 1.165) is 6.54 Å². The van der Waals surface area contributed by atoms with Crippen molar-refractivity contribution in [1.82, 2.24) is 9.80 Å². The van der Waals surface area contributed by atoms with Crippen molar-refractivity contribution in [2.75, 3.05) is 39.8 Å². The fourth-order valence-electron chi connectivity index (χ4n) is 2.40. The van der Waals surface area contributed by atoms with E-state index in [1.165, 1.54) is 51.7 Å². The summed E-state index contributed by atoms with van der Waals surface area (Å²) >= 11 is 0. The number of piperidine rings is 1. The van der Waals surface area contributed by atoms with Crippen molar-refractivity contribution >= 4 is 5.78 Å². The molecule has 1 heterocycles. The van der Waals surface area contributed by atoms with Gasteiger partial charge in [-0.1, -0.05) is 12.3 Å². The van der Waals surface area contributed by atoms with E-state index in [1.54, 1.807) is 6.92 Å². The quantitative estimate of drug-likeness (QED) is 0.391. The van der Waals surface area contributed by atoms with Gasteiger partial charge in [0.05, 0.1) is 6.54 Å². The average Bonchev–Trinajstić information content (AvgIpc) is 2.36. The number of carbonyl (C=O) groups excluding carboxylic acids is 1. The Morgan fingerprint density at radius 2 is 1.94 bits per heavy atom. The largest absolute Gasteiger partial charge is 0.303 e. The van der Waals surface area contributed by atoms with Crippen molar-refractivity contribution in [3.05, 3.63) is 0 Å². The molecule has 18 heavy (non-hydrogen) atoms. The molecule has 0 atom stereocenters. The number of unbranched alkanes of at least 4 members (excludes halogenated alkanes) is 1. The first-order chi connectivity index (χ1) is 8.72. The van der Waals surface area contributed by atoms with Crippen molar-refractivity contribution < 1.29 is 4.79 Å². The lowest BCUT2D eigenvalue weighted by Crippen LogP contribution is -2.31. The number of likely N-dealkylation sites (N-methyl/N-ethyl adjacent to an activating group) is 1. The predicted octanol–water partition coefficient (Wildman–Crippen LogP) is 1.78. The minimum absolute atomic E-state index is 0.0241. The molecule has 0 N–H and O–H groups in total. The van der Waals surface area contributed by atoms with Crippen molar-refractivity contribution in [2.24, 2.45) is 0 Å². The third kappa shape index (κ3) is 6.78. The zero-order chi connectivity index (χ0) is 13.2. The molecule has 0 amide bonds. The molecule has 0 radical (unpaired) electrons. The van der Waals surface area contributed by atoms with Gasteiger partial charge >= 0.3 is 0 Å². The van der Waals surface area contributed by atoms with E-state index in [0.29, 0.717) is 6.54 Å². The average molecular weight is 250 g/mol. The van der Waals surface area contributed by atoms with Gasteiger partial charge in [-0.05, 0) is 71.8 Å². The van der Waals surface area contributed by atoms with Gasteiger partial charge in [-0.2, -0.15) is 0 Å². The number of ketones is 1. The normalized spacial score (nSPS) is 16.4. The van der Waals surface area contributed by atoms with Crippen LogP contribution in [0.1, 0.15) is 39.0 Å². The van der Waals surface area contributed by atoms with Crippen LogP contribution in [0.3, 0.4) is 0 Å². The van der Waals surface area contributed by atoms with Crippen LogP contribution in [0, 0.1) is 11.8 Å². The Bertz CT molecular complexity index is 297. The highest BCUT2D eigenvalue weighted by molar-refractivity contribution is 5.96. The molecular weight excluding hydrogens is 224 g/mol. The van der Waals surface area contributed by atoms with Gasteiger partial charge in [0.25, 0.3) is 0 Å². The third-order valence-corrected chi connectivity index (χ3v) is 3.39. The summed E-state index contributed by atoms with van der Waals surface area (Å²) in [5, 5.41) is 0. The first-order valence-electron chi connectivity index (χ1n) is 7.09. The van der Waals surface area contributed by atoms with E-state index >= 15 is 0 Å². The minimum Gasteiger partial charge on any atom is -0.303 e. The second-order valence-electron chi connectivity index (χ2n) is 5.15. The van der Waals surface area contributed by atoms with Gasteiger partial charge in [0, 0.05) is 0 Å². The molecule has 1 saturated heterocycles. The minimum atomic E-state index is 0.0241. The SMILES string of the molecule is CC#CC(=O)CN(C)CCCCN1CCCCC1. The van der Waals surface area contributed by atoms with E-state index in [1.807, 2.05) is 7.05 Å². The number of nitrogens with zero attached hydrogens (tertiary/aromatic N) is 2. The van der Waals surface area contributed by atoms with Crippen LogP contribution >= 0.6 is 0 Å². The van der Waals surface area contributed by atoms with Gasteiger partial charge in [0.1, 0.15) is 0 Å². The maximum Gasteiger partial charge on any atom is 0.219 e. The van der Waals surface area contributed by atoms with Crippen LogP contribution in [-0.2, 0) is 4.79 Å². The van der Waals surface area contributed by atoms with Crippen LogP contribution < -0.4 is 0 Å². The molecule has 3 nitrogen and oxygen atoms in total. The van der Waals surface area contributed by atoms with Crippen LogP contribution in [0.15, 0.2) is 0 Å². The van der Waals surface area contributed by atoms with Crippen molar-refractivity contribution in [3.8, 4) is 11.8 Å². The van der Waals surface area contributed by atoms with E-state index < -0.39 is 0 Å². The summed E-state index contributed by atoms with van der Waals surface area (Å²) in [5.41, 5.74) is 0. The Hall–Kier alpha value is -0.850. The fourth-order valence-corrected chi connectivity index (χ4v) is 2.40. The molecule has 3 heteroatoms. The zero-order valence-electron chi connectivity index (χ0n) is 11.9. The Labute approximate surface area is 112 Å². The predicted molar refractivity (Wildman–Crippen MR) is 75.5 cm³/mol. The number of hydrogen-bond donors (Lipinski definition) is 0. The first kappa shape index (κ1) is 15.2. The molecule has 1 aliphatic rings. The Kier molecular flexibility index (Phi) is 7.71. The van der Waals surface area contributed by atoms with Crippen molar-refractivity contribution in [2.45, 2.75) is 39.0 Å². The topological polar surface area (TPSA) is 23.6 Å². The lowest BCUT2D eigenvalue weighted by Gasteiger charge is -2.26. The lowest BCUT2D eigenvalue weighted by molar-refractivity contribution is -0.114. The highest BCUT2D eigenvalue weighted by atomic mass is 16.1. The molecule has 0 unspecified atom stereocenters. The molecule has 102 valence electrons. The number of Topliss-reactive ketones (excluding diaryl/α,β-unsaturated/α-hetero) is 1. The standard InChI is InChI=1S/C15H26N2O/c1-3-9-15(18)14-16(2)10-7-8-13-17-11-5-4-6-12-17/h4-8,10-14H2,1-2H3. The second-order valence-corrected chi connectivity index (χ2v) is 5.15. The number of likely N-dealkylation sites (tertiary alicyclic amines) is 1. The second kappa shape index (κ2) is 9.13. The van der Waals surface area contributed by atoms with Crippen LogP contribution in [0.4, 0.5) is 0 Å². The van der Waals surface area contributed by atoms with E-state index in [-0.39, 0.29) is 5.78 Å². The molecular formula is C15H26N2O. The van der Waals surface area contributed by atoms with E-state index in [9.17, 15) is 4.79 Å². The van der Waals surface area contributed by atoms with Crippen molar-refractivity contribution in [3.63, 3.8) is 0 Å². The van der Waals surface area contributed by atoms with Crippen LogP contribution in [-0.4, -0.2) is 55.4 Å².